The highest BCUT2D eigenvalue weighted by Crippen LogP contribution is 2.38. The molecule has 30 heavy (non-hydrogen) atoms. The van der Waals surface area contributed by atoms with Gasteiger partial charge in [-0.2, -0.15) is 0 Å². The standard InChI is InChI=1S/C22H18N6OS/c1-28-17(22-27-16-19(23)24-12-25-21(16)30-22)15(13-8-4-2-5-9-13)26-20(28)18(29)14-10-6-3-7-11-14/h2-12,18,29H,1H3,(H2,23,24,25). The maximum atomic E-state index is 11.0. The van der Waals surface area contributed by atoms with Crippen molar-refractivity contribution in [2.75, 3.05) is 5.73 Å². The highest BCUT2D eigenvalue weighted by Gasteiger charge is 2.25. The maximum Gasteiger partial charge on any atom is 0.154 e. The van der Waals surface area contributed by atoms with E-state index in [0.717, 1.165) is 27.5 Å². The van der Waals surface area contributed by atoms with E-state index in [0.29, 0.717) is 22.0 Å². The minimum Gasteiger partial charge on any atom is -0.382 e. The quantitative estimate of drug-likeness (QED) is 0.463. The van der Waals surface area contributed by atoms with Crippen LogP contribution in [0, 0.1) is 0 Å². The number of aliphatic hydroxyl groups excluding tert-OH is 1. The Morgan fingerprint density at radius 3 is 2.37 bits per heavy atom. The summed E-state index contributed by atoms with van der Waals surface area (Å²) in [5, 5.41) is 11.8. The van der Waals surface area contributed by atoms with Gasteiger partial charge in [0.2, 0.25) is 0 Å². The Bertz CT molecular complexity index is 1330. The predicted octanol–water partition coefficient (Wildman–Crippen LogP) is 3.82. The second kappa shape index (κ2) is 7.33. The number of rotatable bonds is 4. The van der Waals surface area contributed by atoms with Crippen LogP contribution in [0.25, 0.3) is 32.3 Å². The number of benzene rings is 2. The molecule has 5 rings (SSSR count). The first-order chi connectivity index (χ1) is 14.6. The summed E-state index contributed by atoms with van der Waals surface area (Å²) in [6.45, 7) is 0. The van der Waals surface area contributed by atoms with Crippen LogP contribution in [0.15, 0.2) is 67.0 Å². The van der Waals surface area contributed by atoms with Crippen LogP contribution < -0.4 is 5.73 Å². The molecular weight excluding hydrogens is 396 g/mol. The van der Waals surface area contributed by atoms with Crippen LogP contribution in [-0.2, 0) is 7.05 Å². The van der Waals surface area contributed by atoms with Crippen molar-refractivity contribution in [1.29, 1.82) is 0 Å². The average molecular weight is 414 g/mol. The molecule has 3 N–H and O–H groups in total. The lowest BCUT2D eigenvalue weighted by molar-refractivity contribution is 0.206. The van der Waals surface area contributed by atoms with Gasteiger partial charge in [-0.15, -0.1) is 0 Å². The topological polar surface area (TPSA) is 103 Å². The highest BCUT2D eigenvalue weighted by molar-refractivity contribution is 7.21. The number of anilines is 1. The number of aliphatic hydroxyl groups is 1. The summed E-state index contributed by atoms with van der Waals surface area (Å²) >= 11 is 1.42. The number of hydrogen-bond acceptors (Lipinski definition) is 7. The lowest BCUT2D eigenvalue weighted by Gasteiger charge is -2.11. The zero-order valence-electron chi connectivity index (χ0n) is 16.1. The number of imidazole rings is 1. The van der Waals surface area contributed by atoms with Crippen LogP contribution in [0.4, 0.5) is 5.82 Å². The first kappa shape index (κ1) is 18.4. The molecule has 1 atom stereocenters. The van der Waals surface area contributed by atoms with Gasteiger partial charge in [0.1, 0.15) is 39.3 Å². The summed E-state index contributed by atoms with van der Waals surface area (Å²) in [7, 11) is 1.89. The Morgan fingerprint density at radius 1 is 0.967 bits per heavy atom. The number of nitrogens with two attached hydrogens (primary N) is 1. The largest absolute Gasteiger partial charge is 0.382 e. The van der Waals surface area contributed by atoms with Crippen molar-refractivity contribution in [3.8, 4) is 22.0 Å². The monoisotopic (exact) mass is 414 g/mol. The van der Waals surface area contributed by atoms with Crippen molar-refractivity contribution in [2.24, 2.45) is 7.05 Å². The molecule has 8 heteroatoms. The number of hydrogen-bond donors (Lipinski definition) is 2. The van der Waals surface area contributed by atoms with Crippen molar-refractivity contribution < 1.29 is 5.11 Å². The molecule has 3 heterocycles. The molecule has 0 saturated carbocycles. The van der Waals surface area contributed by atoms with Crippen LogP contribution in [-0.4, -0.2) is 29.6 Å². The Kier molecular flexibility index (Phi) is 4.50. The van der Waals surface area contributed by atoms with Gasteiger partial charge in [0.15, 0.2) is 5.82 Å². The molecular formula is C22H18N6OS. The van der Waals surface area contributed by atoms with E-state index in [9.17, 15) is 5.11 Å². The van der Waals surface area contributed by atoms with Crippen LogP contribution in [0.1, 0.15) is 17.5 Å². The van der Waals surface area contributed by atoms with Gasteiger partial charge in [0, 0.05) is 12.6 Å². The molecule has 2 aromatic carbocycles. The number of thiazole rings is 1. The maximum absolute atomic E-state index is 11.0. The molecule has 5 aromatic rings. The Labute approximate surface area is 176 Å². The van der Waals surface area contributed by atoms with E-state index >= 15 is 0 Å². The Hall–Kier alpha value is -3.62. The summed E-state index contributed by atoms with van der Waals surface area (Å²) in [5.41, 5.74) is 9.82. The first-order valence-corrected chi connectivity index (χ1v) is 10.2. The van der Waals surface area contributed by atoms with E-state index in [4.69, 9.17) is 15.7 Å². The van der Waals surface area contributed by atoms with Gasteiger partial charge in [-0.1, -0.05) is 72.0 Å². The molecule has 0 spiro atoms. The molecule has 0 saturated heterocycles. The van der Waals surface area contributed by atoms with Crippen LogP contribution in [0.3, 0.4) is 0 Å². The second-order valence-corrected chi connectivity index (χ2v) is 7.81. The lowest BCUT2D eigenvalue weighted by Crippen LogP contribution is -2.07. The molecule has 0 aliphatic heterocycles. The van der Waals surface area contributed by atoms with Gasteiger partial charge in [0.25, 0.3) is 0 Å². The van der Waals surface area contributed by atoms with Crippen molar-refractivity contribution >= 4 is 27.5 Å². The lowest BCUT2D eigenvalue weighted by atomic mass is 10.1. The number of nitrogen functional groups attached to an aromatic ring is 1. The van der Waals surface area contributed by atoms with Gasteiger partial charge in [-0.05, 0) is 5.56 Å². The van der Waals surface area contributed by atoms with Crippen molar-refractivity contribution in [2.45, 2.75) is 6.10 Å². The molecule has 0 aliphatic rings. The van der Waals surface area contributed by atoms with Gasteiger partial charge in [-0.3, -0.25) is 0 Å². The van der Waals surface area contributed by atoms with Crippen molar-refractivity contribution in [3.63, 3.8) is 0 Å². The fourth-order valence-electron chi connectivity index (χ4n) is 3.46. The average Bonchev–Trinajstić information content (AvgIpc) is 3.36. The number of nitrogens with zero attached hydrogens (tertiary/aromatic N) is 5. The second-order valence-electron chi connectivity index (χ2n) is 6.84. The Balaban J connectivity index is 1.74. The molecule has 0 aliphatic carbocycles. The fourth-order valence-corrected chi connectivity index (χ4v) is 4.46. The molecule has 0 amide bonds. The summed E-state index contributed by atoms with van der Waals surface area (Å²) in [4.78, 5) is 18.6. The Morgan fingerprint density at radius 2 is 1.67 bits per heavy atom. The zero-order chi connectivity index (χ0) is 20.7. The van der Waals surface area contributed by atoms with Gasteiger partial charge >= 0.3 is 0 Å². The molecule has 148 valence electrons. The van der Waals surface area contributed by atoms with Gasteiger partial charge < -0.3 is 15.4 Å². The molecule has 0 radical (unpaired) electrons. The summed E-state index contributed by atoms with van der Waals surface area (Å²) < 4.78 is 1.89. The molecule has 0 bridgehead atoms. The number of aromatic nitrogens is 5. The highest BCUT2D eigenvalue weighted by atomic mass is 32.1. The fraction of sp³-hybridized carbons (Fsp3) is 0.0909. The SMILES string of the molecule is Cn1c(C(O)c2ccccc2)nc(-c2ccccc2)c1-c1nc2c(N)ncnc2s1. The zero-order valence-corrected chi connectivity index (χ0v) is 16.9. The third-order valence-corrected chi connectivity index (χ3v) is 5.93. The van der Waals surface area contributed by atoms with E-state index in [1.54, 1.807) is 0 Å². The summed E-state index contributed by atoms with van der Waals surface area (Å²) in [5.74, 6) is 0.879. The van der Waals surface area contributed by atoms with E-state index in [-0.39, 0.29) is 0 Å². The first-order valence-electron chi connectivity index (χ1n) is 9.36. The minimum atomic E-state index is -0.869. The molecule has 1 unspecified atom stereocenters. The summed E-state index contributed by atoms with van der Waals surface area (Å²) in [6, 6.07) is 19.3. The molecule has 0 fully saturated rings. The third kappa shape index (κ3) is 3.02. The van der Waals surface area contributed by atoms with Gasteiger partial charge in [-0.25, -0.2) is 19.9 Å². The normalized spacial score (nSPS) is 12.3. The van der Waals surface area contributed by atoms with Crippen LogP contribution in [0.2, 0.25) is 0 Å². The van der Waals surface area contributed by atoms with E-state index < -0.39 is 6.10 Å². The smallest absolute Gasteiger partial charge is 0.154 e. The van der Waals surface area contributed by atoms with Crippen LogP contribution >= 0.6 is 11.3 Å². The summed E-state index contributed by atoms with van der Waals surface area (Å²) in [6.07, 6.45) is 0.567. The van der Waals surface area contributed by atoms with E-state index in [2.05, 4.69) is 9.97 Å². The van der Waals surface area contributed by atoms with Crippen molar-refractivity contribution in [3.05, 3.63) is 78.4 Å². The third-order valence-electron chi connectivity index (χ3n) is 4.96. The van der Waals surface area contributed by atoms with E-state index in [1.165, 1.54) is 17.7 Å². The molecule has 7 nitrogen and oxygen atoms in total. The van der Waals surface area contributed by atoms with E-state index in [1.807, 2.05) is 72.3 Å². The predicted molar refractivity (Wildman–Crippen MR) is 118 cm³/mol. The van der Waals surface area contributed by atoms with Crippen LogP contribution in [0.5, 0.6) is 0 Å². The minimum absolute atomic E-state index is 0.343. The molecule has 3 aromatic heterocycles. The van der Waals surface area contributed by atoms with Gasteiger partial charge in [0.05, 0.1) is 5.69 Å². The van der Waals surface area contributed by atoms with Crippen molar-refractivity contribution in [1.82, 2.24) is 24.5 Å². The number of fused-ring (bicyclic) bond motifs is 1.